The van der Waals surface area contributed by atoms with E-state index in [-0.39, 0.29) is 18.0 Å². The smallest absolute Gasteiger partial charge is 0.225 e. The molecule has 140 valence electrons. The number of hydrogen-bond donors (Lipinski definition) is 1. The molecule has 28 heavy (non-hydrogen) atoms. The number of aromatic nitrogens is 1. The fourth-order valence-electron chi connectivity index (χ4n) is 3.73. The molecule has 1 heterocycles. The van der Waals surface area contributed by atoms with Crippen molar-refractivity contribution in [3.63, 3.8) is 0 Å². The van der Waals surface area contributed by atoms with Crippen molar-refractivity contribution in [2.24, 2.45) is 5.73 Å². The van der Waals surface area contributed by atoms with Crippen LogP contribution in [0.15, 0.2) is 60.7 Å². The molecular weight excluding hydrogens is 355 g/mol. The maximum Gasteiger partial charge on any atom is 0.225 e. The molecule has 0 aliphatic heterocycles. The molecule has 0 saturated carbocycles. The van der Waals surface area contributed by atoms with E-state index < -0.39 is 5.91 Å². The molecule has 0 spiro atoms. The van der Waals surface area contributed by atoms with Crippen LogP contribution in [-0.2, 0) is 11.3 Å². The van der Waals surface area contributed by atoms with E-state index in [2.05, 4.69) is 10.6 Å². The fraction of sp³-hybridized carbons (Fsp3) is 0.130. The number of aryl methyl sites for hydroxylation is 1. The van der Waals surface area contributed by atoms with Gasteiger partial charge < -0.3 is 10.3 Å². The van der Waals surface area contributed by atoms with Gasteiger partial charge in [-0.1, -0.05) is 36.4 Å². The Morgan fingerprint density at radius 1 is 1.00 bits per heavy atom. The first-order valence-electron chi connectivity index (χ1n) is 9.01. The lowest BCUT2D eigenvalue weighted by molar-refractivity contribution is -0.117. The minimum atomic E-state index is -0.652. The Labute approximate surface area is 161 Å². The summed E-state index contributed by atoms with van der Waals surface area (Å²) < 4.78 is 15.8. The van der Waals surface area contributed by atoms with Crippen molar-refractivity contribution in [3.8, 4) is 0 Å². The van der Waals surface area contributed by atoms with Crippen LogP contribution in [0.5, 0.6) is 0 Å². The van der Waals surface area contributed by atoms with Crippen LogP contribution in [0.4, 0.5) is 4.39 Å². The number of benzene rings is 3. The molecule has 0 aliphatic rings. The molecule has 0 unspecified atom stereocenters. The number of carbonyl (C=O) groups excluding carboxylic acids is 2. The number of nitrogens with two attached hydrogens (primary N) is 1. The molecule has 3 aromatic carbocycles. The largest absolute Gasteiger partial charge is 0.369 e. The zero-order chi connectivity index (χ0) is 19.8. The van der Waals surface area contributed by atoms with Gasteiger partial charge >= 0.3 is 0 Å². The number of carbonyl (C=O) groups is 2. The van der Waals surface area contributed by atoms with Gasteiger partial charge in [0.05, 0.1) is 11.9 Å². The summed E-state index contributed by atoms with van der Waals surface area (Å²) >= 11 is 0. The van der Waals surface area contributed by atoms with Crippen LogP contribution in [0.2, 0.25) is 0 Å². The van der Waals surface area contributed by atoms with Crippen molar-refractivity contribution in [2.45, 2.75) is 19.9 Å². The minimum Gasteiger partial charge on any atom is -0.369 e. The first-order chi connectivity index (χ1) is 13.4. The second-order valence-corrected chi connectivity index (χ2v) is 7.00. The van der Waals surface area contributed by atoms with Crippen molar-refractivity contribution in [3.05, 3.63) is 83.2 Å². The molecule has 4 rings (SSSR count). The predicted octanol–water partition coefficient (Wildman–Crippen LogP) is 4.35. The van der Waals surface area contributed by atoms with E-state index in [1.54, 1.807) is 18.2 Å². The van der Waals surface area contributed by atoms with Gasteiger partial charge in [0, 0.05) is 28.4 Å². The van der Waals surface area contributed by atoms with Crippen molar-refractivity contribution in [1.82, 2.24) is 4.57 Å². The zero-order valence-electron chi connectivity index (χ0n) is 15.4. The standard InChI is InChI=1S/C23H19FN2O2/c1-14-8-9-17-20(10-14)26(13-15-4-2-5-16(24)11-15)19-7-3-6-18(23(17)19)21(27)12-22(25)28/h2-11H,12-13H2,1H3,(H2,25,28). The molecule has 1 aromatic heterocycles. The topological polar surface area (TPSA) is 65.1 Å². The number of Topliss-reactive ketones (excluding diaryl/α,β-unsaturated/α-hetero) is 1. The summed E-state index contributed by atoms with van der Waals surface area (Å²) in [4.78, 5) is 23.9. The number of ketones is 1. The van der Waals surface area contributed by atoms with E-state index in [0.29, 0.717) is 12.1 Å². The Kier molecular flexibility index (Phi) is 4.43. The molecule has 2 N–H and O–H groups in total. The summed E-state index contributed by atoms with van der Waals surface area (Å²) in [6, 6.07) is 18.0. The predicted molar refractivity (Wildman–Crippen MR) is 108 cm³/mol. The monoisotopic (exact) mass is 374 g/mol. The van der Waals surface area contributed by atoms with Gasteiger partial charge in [-0.2, -0.15) is 0 Å². The Bertz CT molecular complexity index is 1240. The van der Waals surface area contributed by atoms with E-state index in [0.717, 1.165) is 32.9 Å². The van der Waals surface area contributed by atoms with E-state index in [1.807, 2.05) is 31.2 Å². The highest BCUT2D eigenvalue weighted by Crippen LogP contribution is 2.33. The quantitative estimate of drug-likeness (QED) is 0.417. The first-order valence-corrected chi connectivity index (χ1v) is 9.01. The molecule has 0 aliphatic carbocycles. The Hall–Kier alpha value is -3.47. The molecule has 4 aromatic rings. The first kappa shape index (κ1) is 17.9. The fourth-order valence-corrected chi connectivity index (χ4v) is 3.73. The molecule has 0 saturated heterocycles. The molecule has 0 atom stereocenters. The van der Waals surface area contributed by atoms with Crippen molar-refractivity contribution in [2.75, 3.05) is 0 Å². The maximum absolute atomic E-state index is 13.7. The number of hydrogen-bond acceptors (Lipinski definition) is 2. The van der Waals surface area contributed by atoms with E-state index in [9.17, 15) is 14.0 Å². The van der Waals surface area contributed by atoms with Crippen LogP contribution in [0.25, 0.3) is 21.8 Å². The van der Waals surface area contributed by atoms with Gasteiger partial charge in [-0.25, -0.2) is 4.39 Å². The van der Waals surface area contributed by atoms with Crippen LogP contribution in [-0.4, -0.2) is 16.3 Å². The minimum absolute atomic E-state index is 0.285. The highest BCUT2D eigenvalue weighted by atomic mass is 19.1. The summed E-state index contributed by atoms with van der Waals surface area (Å²) in [5, 5.41) is 1.71. The highest BCUT2D eigenvalue weighted by molar-refractivity contribution is 6.21. The SMILES string of the molecule is Cc1ccc2c3c(C(=O)CC(N)=O)cccc3n(Cc3cccc(F)c3)c2c1. The van der Waals surface area contributed by atoms with Gasteiger partial charge in [-0.15, -0.1) is 0 Å². The number of amides is 1. The van der Waals surface area contributed by atoms with Gasteiger partial charge in [0.15, 0.2) is 5.78 Å². The Balaban J connectivity index is 1.99. The van der Waals surface area contributed by atoms with Crippen molar-refractivity contribution in [1.29, 1.82) is 0 Å². The summed E-state index contributed by atoms with van der Waals surface area (Å²) in [5.74, 6) is -1.24. The summed E-state index contributed by atoms with van der Waals surface area (Å²) in [7, 11) is 0. The second kappa shape index (κ2) is 6.93. The number of halogens is 1. The van der Waals surface area contributed by atoms with E-state index in [1.165, 1.54) is 12.1 Å². The van der Waals surface area contributed by atoms with Crippen LogP contribution < -0.4 is 5.73 Å². The molecular formula is C23H19FN2O2. The third-order valence-electron chi connectivity index (χ3n) is 4.91. The lowest BCUT2D eigenvalue weighted by Gasteiger charge is -2.09. The third kappa shape index (κ3) is 3.16. The number of primary amides is 1. The van der Waals surface area contributed by atoms with Crippen molar-refractivity contribution < 1.29 is 14.0 Å². The lowest BCUT2D eigenvalue weighted by atomic mass is 10.0. The van der Waals surface area contributed by atoms with Crippen molar-refractivity contribution >= 4 is 33.5 Å². The van der Waals surface area contributed by atoms with Gasteiger partial charge in [0.25, 0.3) is 0 Å². The molecule has 5 heteroatoms. The van der Waals surface area contributed by atoms with Crippen LogP contribution in [0, 0.1) is 12.7 Å². The summed E-state index contributed by atoms with van der Waals surface area (Å²) in [5.41, 5.74) is 9.43. The maximum atomic E-state index is 13.7. The molecule has 0 fully saturated rings. The number of fused-ring (bicyclic) bond motifs is 3. The van der Waals surface area contributed by atoms with E-state index >= 15 is 0 Å². The molecule has 1 amide bonds. The van der Waals surface area contributed by atoms with E-state index in [4.69, 9.17) is 5.73 Å². The number of nitrogens with zero attached hydrogens (tertiary/aromatic N) is 1. The third-order valence-corrected chi connectivity index (χ3v) is 4.91. The van der Waals surface area contributed by atoms with Gasteiger partial charge in [-0.05, 0) is 42.3 Å². The Morgan fingerprint density at radius 2 is 1.79 bits per heavy atom. The average Bonchev–Trinajstić information content (AvgIpc) is 2.94. The van der Waals surface area contributed by atoms with Crippen LogP contribution >= 0.6 is 0 Å². The summed E-state index contributed by atoms with van der Waals surface area (Å²) in [6.07, 6.45) is -0.332. The van der Waals surface area contributed by atoms with Crippen LogP contribution in [0.1, 0.15) is 27.9 Å². The normalized spacial score (nSPS) is 11.2. The average molecular weight is 374 g/mol. The van der Waals surface area contributed by atoms with Gasteiger partial charge in [-0.3, -0.25) is 9.59 Å². The molecule has 0 radical (unpaired) electrons. The second-order valence-electron chi connectivity index (χ2n) is 7.00. The molecule has 0 bridgehead atoms. The zero-order valence-corrected chi connectivity index (χ0v) is 15.4. The van der Waals surface area contributed by atoms with Gasteiger partial charge in [0.1, 0.15) is 5.82 Å². The lowest BCUT2D eigenvalue weighted by Crippen LogP contribution is -2.16. The van der Waals surface area contributed by atoms with Gasteiger partial charge in [0.2, 0.25) is 5.91 Å². The number of rotatable bonds is 5. The highest BCUT2D eigenvalue weighted by Gasteiger charge is 2.19. The van der Waals surface area contributed by atoms with Crippen LogP contribution in [0.3, 0.4) is 0 Å². The summed E-state index contributed by atoms with van der Waals surface area (Å²) in [6.45, 7) is 2.47. The Morgan fingerprint density at radius 3 is 2.54 bits per heavy atom. The molecule has 4 nitrogen and oxygen atoms in total.